The Bertz CT molecular complexity index is 787. The van der Waals surface area contributed by atoms with Crippen molar-refractivity contribution >= 4 is 22.5 Å². The standard InChI is InChI=1S/C17H17N3O2/c1-11-9-14(12(2)21)17-13(15(11)10-18)3-4-16(19-17)20-5-7-22-8-6-20/h3-4,9H,5-8H2,1-2H3. The van der Waals surface area contributed by atoms with E-state index in [2.05, 4.69) is 16.0 Å². The van der Waals surface area contributed by atoms with Crippen LogP contribution in [-0.4, -0.2) is 37.1 Å². The summed E-state index contributed by atoms with van der Waals surface area (Å²) in [6, 6.07) is 7.79. The summed E-state index contributed by atoms with van der Waals surface area (Å²) in [5.74, 6) is 0.787. The summed E-state index contributed by atoms with van der Waals surface area (Å²) in [5, 5.41) is 10.1. The molecular formula is C17H17N3O2. The van der Waals surface area contributed by atoms with Crippen LogP contribution in [0.5, 0.6) is 0 Å². The van der Waals surface area contributed by atoms with Gasteiger partial charge in [0.15, 0.2) is 5.78 Å². The minimum Gasteiger partial charge on any atom is -0.378 e. The van der Waals surface area contributed by atoms with Crippen LogP contribution in [0.4, 0.5) is 5.82 Å². The van der Waals surface area contributed by atoms with Crippen LogP contribution in [0.1, 0.15) is 28.4 Å². The largest absolute Gasteiger partial charge is 0.378 e. The van der Waals surface area contributed by atoms with E-state index >= 15 is 0 Å². The number of carbonyl (C=O) groups excluding carboxylic acids is 1. The van der Waals surface area contributed by atoms with Crippen LogP contribution in [0.25, 0.3) is 10.9 Å². The van der Waals surface area contributed by atoms with Crippen LogP contribution in [-0.2, 0) is 4.74 Å². The highest BCUT2D eigenvalue weighted by Gasteiger charge is 2.17. The zero-order valence-electron chi connectivity index (χ0n) is 12.7. The Morgan fingerprint density at radius 1 is 1.36 bits per heavy atom. The molecule has 0 amide bonds. The third-order valence-electron chi connectivity index (χ3n) is 3.99. The molecule has 112 valence electrons. The Morgan fingerprint density at radius 3 is 2.73 bits per heavy atom. The number of Topliss-reactive ketones (excluding diaryl/α,β-unsaturated/α-hetero) is 1. The van der Waals surface area contributed by atoms with E-state index in [-0.39, 0.29) is 5.78 Å². The molecule has 0 bridgehead atoms. The summed E-state index contributed by atoms with van der Waals surface area (Å²) in [6.45, 7) is 6.30. The second-order valence-corrected chi connectivity index (χ2v) is 5.45. The number of nitrogens with zero attached hydrogens (tertiary/aromatic N) is 3. The first-order valence-electron chi connectivity index (χ1n) is 7.30. The molecule has 0 radical (unpaired) electrons. The number of ketones is 1. The maximum Gasteiger partial charge on any atom is 0.162 e. The molecule has 0 N–H and O–H groups in total. The number of nitriles is 1. The molecule has 3 rings (SSSR count). The first-order chi connectivity index (χ1) is 10.6. The van der Waals surface area contributed by atoms with Gasteiger partial charge in [0.2, 0.25) is 0 Å². The zero-order chi connectivity index (χ0) is 15.7. The highest BCUT2D eigenvalue weighted by Crippen LogP contribution is 2.27. The molecular weight excluding hydrogens is 278 g/mol. The molecule has 0 atom stereocenters. The van der Waals surface area contributed by atoms with Crippen molar-refractivity contribution in [2.75, 3.05) is 31.2 Å². The van der Waals surface area contributed by atoms with Gasteiger partial charge < -0.3 is 9.64 Å². The summed E-state index contributed by atoms with van der Waals surface area (Å²) in [4.78, 5) is 18.7. The van der Waals surface area contributed by atoms with Crippen LogP contribution >= 0.6 is 0 Å². The maximum atomic E-state index is 11.9. The van der Waals surface area contributed by atoms with Crippen molar-refractivity contribution in [1.29, 1.82) is 5.26 Å². The third-order valence-corrected chi connectivity index (χ3v) is 3.99. The fourth-order valence-corrected chi connectivity index (χ4v) is 2.81. The first kappa shape index (κ1) is 14.5. The molecule has 0 aliphatic carbocycles. The molecule has 0 spiro atoms. The Balaban J connectivity index is 2.21. The van der Waals surface area contributed by atoms with Crippen LogP contribution in [0, 0.1) is 18.3 Å². The average molecular weight is 295 g/mol. The lowest BCUT2D eigenvalue weighted by molar-refractivity contribution is 0.101. The quantitative estimate of drug-likeness (QED) is 0.796. The molecule has 1 fully saturated rings. The lowest BCUT2D eigenvalue weighted by Crippen LogP contribution is -2.36. The van der Waals surface area contributed by atoms with E-state index in [1.807, 2.05) is 19.1 Å². The number of aryl methyl sites for hydroxylation is 1. The van der Waals surface area contributed by atoms with Crippen LogP contribution < -0.4 is 4.90 Å². The van der Waals surface area contributed by atoms with E-state index in [4.69, 9.17) is 4.74 Å². The Hall–Kier alpha value is -2.45. The van der Waals surface area contributed by atoms with Gasteiger partial charge in [0.1, 0.15) is 11.9 Å². The monoisotopic (exact) mass is 295 g/mol. The first-order valence-corrected chi connectivity index (χ1v) is 7.30. The second kappa shape index (κ2) is 5.74. The molecule has 1 aromatic heterocycles. The van der Waals surface area contributed by atoms with Gasteiger partial charge in [0, 0.05) is 24.0 Å². The van der Waals surface area contributed by atoms with Crippen LogP contribution in [0.3, 0.4) is 0 Å². The SMILES string of the molecule is CC(=O)c1cc(C)c(C#N)c2ccc(N3CCOCC3)nc12. The topological polar surface area (TPSA) is 66.2 Å². The number of rotatable bonds is 2. The Morgan fingerprint density at radius 2 is 2.09 bits per heavy atom. The predicted molar refractivity (Wildman–Crippen MR) is 84.2 cm³/mol. The fraction of sp³-hybridized carbons (Fsp3) is 0.353. The Labute approximate surface area is 129 Å². The number of morpholine rings is 1. The van der Waals surface area contributed by atoms with Crippen molar-refractivity contribution in [3.8, 4) is 6.07 Å². The van der Waals surface area contributed by atoms with Gasteiger partial charge in [-0.3, -0.25) is 4.79 Å². The van der Waals surface area contributed by atoms with Crippen molar-refractivity contribution in [2.45, 2.75) is 13.8 Å². The molecule has 22 heavy (non-hydrogen) atoms. The van der Waals surface area contributed by atoms with E-state index in [0.29, 0.717) is 29.9 Å². The van der Waals surface area contributed by atoms with Gasteiger partial charge in [-0.15, -0.1) is 0 Å². The van der Waals surface area contributed by atoms with Gasteiger partial charge >= 0.3 is 0 Å². The number of benzene rings is 1. The van der Waals surface area contributed by atoms with Gasteiger partial charge in [-0.1, -0.05) is 0 Å². The summed E-state index contributed by atoms with van der Waals surface area (Å²) < 4.78 is 5.36. The molecule has 5 nitrogen and oxygen atoms in total. The predicted octanol–water partition coefficient (Wildman–Crippen LogP) is 2.45. The van der Waals surface area contributed by atoms with E-state index in [1.165, 1.54) is 6.92 Å². The van der Waals surface area contributed by atoms with E-state index in [0.717, 1.165) is 29.9 Å². The molecule has 2 aromatic rings. The molecule has 1 saturated heterocycles. The van der Waals surface area contributed by atoms with E-state index in [9.17, 15) is 10.1 Å². The lowest BCUT2D eigenvalue weighted by atomic mass is 9.97. The summed E-state index contributed by atoms with van der Waals surface area (Å²) in [7, 11) is 0. The van der Waals surface area contributed by atoms with E-state index in [1.54, 1.807) is 6.07 Å². The number of carbonyl (C=O) groups is 1. The zero-order valence-corrected chi connectivity index (χ0v) is 12.7. The minimum absolute atomic E-state index is 0.0378. The fourth-order valence-electron chi connectivity index (χ4n) is 2.81. The minimum atomic E-state index is -0.0378. The number of pyridine rings is 1. The van der Waals surface area contributed by atoms with Crippen molar-refractivity contribution in [1.82, 2.24) is 4.98 Å². The molecule has 1 aromatic carbocycles. The summed E-state index contributed by atoms with van der Waals surface area (Å²) >= 11 is 0. The van der Waals surface area contributed by atoms with Crippen molar-refractivity contribution in [3.63, 3.8) is 0 Å². The highest BCUT2D eigenvalue weighted by molar-refractivity contribution is 6.07. The molecule has 1 aliphatic rings. The number of aromatic nitrogens is 1. The van der Waals surface area contributed by atoms with Crippen molar-refractivity contribution in [2.24, 2.45) is 0 Å². The molecule has 0 saturated carbocycles. The van der Waals surface area contributed by atoms with Gasteiger partial charge in [-0.25, -0.2) is 4.98 Å². The number of hydrogen-bond acceptors (Lipinski definition) is 5. The molecule has 2 heterocycles. The van der Waals surface area contributed by atoms with Crippen LogP contribution in [0.15, 0.2) is 18.2 Å². The van der Waals surface area contributed by atoms with Gasteiger partial charge in [-0.2, -0.15) is 5.26 Å². The smallest absolute Gasteiger partial charge is 0.162 e. The highest BCUT2D eigenvalue weighted by atomic mass is 16.5. The molecule has 0 unspecified atom stereocenters. The van der Waals surface area contributed by atoms with Gasteiger partial charge in [0.25, 0.3) is 0 Å². The number of hydrogen-bond donors (Lipinski definition) is 0. The number of fused-ring (bicyclic) bond motifs is 1. The Kier molecular flexibility index (Phi) is 3.78. The second-order valence-electron chi connectivity index (χ2n) is 5.45. The maximum absolute atomic E-state index is 11.9. The van der Waals surface area contributed by atoms with Crippen LogP contribution in [0.2, 0.25) is 0 Å². The van der Waals surface area contributed by atoms with Crippen molar-refractivity contribution in [3.05, 3.63) is 34.9 Å². The van der Waals surface area contributed by atoms with E-state index < -0.39 is 0 Å². The average Bonchev–Trinajstić information content (AvgIpc) is 2.54. The summed E-state index contributed by atoms with van der Waals surface area (Å²) in [6.07, 6.45) is 0. The third kappa shape index (κ3) is 2.42. The number of ether oxygens (including phenoxy) is 1. The van der Waals surface area contributed by atoms with Gasteiger partial charge in [0.05, 0.1) is 24.3 Å². The number of anilines is 1. The summed E-state index contributed by atoms with van der Waals surface area (Å²) in [5.41, 5.74) is 2.57. The lowest BCUT2D eigenvalue weighted by Gasteiger charge is -2.28. The normalized spacial score (nSPS) is 14.9. The molecule has 5 heteroatoms. The van der Waals surface area contributed by atoms with Crippen molar-refractivity contribution < 1.29 is 9.53 Å². The van der Waals surface area contributed by atoms with Gasteiger partial charge in [-0.05, 0) is 37.6 Å². The molecule has 1 aliphatic heterocycles.